The fourth-order valence-electron chi connectivity index (χ4n) is 2.84. The largest absolute Gasteiger partial charge is 0.463 e. The van der Waals surface area contributed by atoms with E-state index in [1.807, 2.05) is 24.3 Å². The maximum Gasteiger partial charge on any atom is 0.330 e. The van der Waals surface area contributed by atoms with Gasteiger partial charge < -0.3 is 14.6 Å². The number of hydrogen-bond acceptors (Lipinski definition) is 6. The van der Waals surface area contributed by atoms with Gasteiger partial charge in [0.15, 0.2) is 0 Å². The minimum absolute atomic E-state index is 0.151. The molecule has 160 valence electrons. The standard InChI is InChI=1S/C24H25N3O4/c1-3-17-5-10-19(11-6-17)24-26-22(31-27-24)15-14-21(28)25-20-12-7-18(8-13-20)9-16-23(29)30-4-2/h5-13,16H,3-4,14-15H2,1-2H3,(H,25,28)/b16-9+. The third-order valence-corrected chi connectivity index (χ3v) is 4.55. The second-order valence-electron chi connectivity index (χ2n) is 6.82. The van der Waals surface area contributed by atoms with E-state index in [1.165, 1.54) is 11.6 Å². The van der Waals surface area contributed by atoms with Crippen LogP contribution in [-0.2, 0) is 27.2 Å². The summed E-state index contributed by atoms with van der Waals surface area (Å²) in [5, 5.41) is 6.83. The van der Waals surface area contributed by atoms with Gasteiger partial charge in [0.1, 0.15) is 0 Å². The fourth-order valence-corrected chi connectivity index (χ4v) is 2.84. The number of hydrogen-bond donors (Lipinski definition) is 1. The number of ether oxygens (including phenoxy) is 1. The summed E-state index contributed by atoms with van der Waals surface area (Å²) in [5.74, 6) is 0.401. The summed E-state index contributed by atoms with van der Waals surface area (Å²) in [6.07, 6.45) is 4.58. The molecule has 0 atom stereocenters. The molecule has 0 aliphatic rings. The molecule has 0 saturated heterocycles. The van der Waals surface area contributed by atoms with Crippen molar-refractivity contribution in [2.75, 3.05) is 11.9 Å². The van der Waals surface area contributed by atoms with Crippen LogP contribution >= 0.6 is 0 Å². The maximum absolute atomic E-state index is 12.2. The number of nitrogens with one attached hydrogen (secondary N) is 1. The van der Waals surface area contributed by atoms with Gasteiger partial charge in [0.2, 0.25) is 17.6 Å². The molecule has 1 amide bonds. The number of nitrogens with zero attached hydrogens (tertiary/aromatic N) is 2. The van der Waals surface area contributed by atoms with Crippen LogP contribution in [0.25, 0.3) is 17.5 Å². The number of carbonyl (C=O) groups excluding carboxylic acids is 2. The monoisotopic (exact) mass is 419 g/mol. The zero-order valence-electron chi connectivity index (χ0n) is 17.6. The van der Waals surface area contributed by atoms with Gasteiger partial charge in [-0.2, -0.15) is 4.98 Å². The molecule has 1 aromatic heterocycles. The van der Waals surface area contributed by atoms with Crippen LogP contribution in [0.5, 0.6) is 0 Å². The predicted molar refractivity (Wildman–Crippen MR) is 118 cm³/mol. The van der Waals surface area contributed by atoms with Crippen LogP contribution in [0.3, 0.4) is 0 Å². The third kappa shape index (κ3) is 6.64. The molecule has 3 aromatic rings. The van der Waals surface area contributed by atoms with Crippen LogP contribution in [-0.4, -0.2) is 28.6 Å². The molecule has 2 aromatic carbocycles. The highest BCUT2D eigenvalue weighted by molar-refractivity contribution is 5.91. The molecule has 0 spiro atoms. The highest BCUT2D eigenvalue weighted by atomic mass is 16.5. The lowest BCUT2D eigenvalue weighted by atomic mass is 10.1. The van der Waals surface area contributed by atoms with E-state index < -0.39 is 0 Å². The summed E-state index contributed by atoms with van der Waals surface area (Å²) in [4.78, 5) is 27.9. The molecule has 7 heteroatoms. The van der Waals surface area contributed by atoms with Crippen molar-refractivity contribution in [3.63, 3.8) is 0 Å². The molecule has 7 nitrogen and oxygen atoms in total. The molecular formula is C24H25N3O4. The van der Waals surface area contributed by atoms with E-state index in [2.05, 4.69) is 22.4 Å². The number of anilines is 1. The lowest BCUT2D eigenvalue weighted by Crippen LogP contribution is -2.12. The zero-order chi connectivity index (χ0) is 22.1. The highest BCUT2D eigenvalue weighted by Crippen LogP contribution is 2.18. The van der Waals surface area contributed by atoms with Crippen molar-refractivity contribution in [1.29, 1.82) is 0 Å². The van der Waals surface area contributed by atoms with Crippen molar-refractivity contribution in [2.24, 2.45) is 0 Å². The van der Waals surface area contributed by atoms with Crippen molar-refractivity contribution < 1.29 is 18.8 Å². The summed E-state index contributed by atoms with van der Waals surface area (Å²) in [6.45, 7) is 4.20. The van der Waals surface area contributed by atoms with Gasteiger partial charge in [-0.15, -0.1) is 0 Å². The number of aryl methyl sites for hydroxylation is 2. The normalized spacial score (nSPS) is 10.9. The molecular weight excluding hydrogens is 394 g/mol. The van der Waals surface area contributed by atoms with E-state index in [1.54, 1.807) is 37.3 Å². The number of rotatable bonds is 9. The highest BCUT2D eigenvalue weighted by Gasteiger charge is 2.11. The van der Waals surface area contributed by atoms with Gasteiger partial charge >= 0.3 is 5.97 Å². The van der Waals surface area contributed by atoms with Gasteiger partial charge in [-0.05, 0) is 42.7 Å². The Bertz CT molecular complexity index is 1040. The molecule has 0 aliphatic heterocycles. The summed E-state index contributed by atoms with van der Waals surface area (Å²) >= 11 is 0. The Morgan fingerprint density at radius 1 is 1.06 bits per heavy atom. The van der Waals surface area contributed by atoms with Crippen LogP contribution < -0.4 is 5.32 Å². The first-order valence-corrected chi connectivity index (χ1v) is 10.2. The number of carbonyl (C=O) groups is 2. The van der Waals surface area contributed by atoms with Gasteiger partial charge in [-0.1, -0.05) is 48.5 Å². The van der Waals surface area contributed by atoms with Crippen molar-refractivity contribution >= 4 is 23.6 Å². The van der Waals surface area contributed by atoms with E-state index in [9.17, 15) is 9.59 Å². The van der Waals surface area contributed by atoms with Gasteiger partial charge in [0.25, 0.3) is 0 Å². The third-order valence-electron chi connectivity index (χ3n) is 4.55. The second kappa shape index (κ2) is 10.9. The first-order chi connectivity index (χ1) is 15.1. The molecule has 0 saturated carbocycles. The lowest BCUT2D eigenvalue weighted by Gasteiger charge is -2.04. The van der Waals surface area contributed by atoms with Crippen molar-refractivity contribution in [3.8, 4) is 11.4 Å². The zero-order valence-corrected chi connectivity index (χ0v) is 17.6. The Morgan fingerprint density at radius 2 is 1.81 bits per heavy atom. The molecule has 0 unspecified atom stereocenters. The maximum atomic E-state index is 12.2. The topological polar surface area (TPSA) is 94.3 Å². The van der Waals surface area contributed by atoms with Crippen molar-refractivity contribution in [3.05, 3.63) is 71.6 Å². The van der Waals surface area contributed by atoms with Crippen LogP contribution in [0.15, 0.2) is 59.1 Å². The lowest BCUT2D eigenvalue weighted by molar-refractivity contribution is -0.137. The first-order valence-electron chi connectivity index (χ1n) is 10.2. The Kier molecular flexibility index (Phi) is 7.70. The van der Waals surface area contributed by atoms with E-state index in [-0.39, 0.29) is 18.3 Å². The second-order valence-corrected chi connectivity index (χ2v) is 6.82. The molecule has 3 rings (SSSR count). The average Bonchev–Trinajstić information content (AvgIpc) is 3.27. The van der Waals surface area contributed by atoms with Crippen LogP contribution in [0.1, 0.15) is 37.3 Å². The Labute approximate surface area is 181 Å². The summed E-state index contributed by atoms with van der Waals surface area (Å²) in [6, 6.07) is 15.2. The van der Waals surface area contributed by atoms with Gasteiger partial charge in [0.05, 0.1) is 6.61 Å². The smallest absolute Gasteiger partial charge is 0.330 e. The Balaban J connectivity index is 1.49. The first kappa shape index (κ1) is 22.0. The molecule has 31 heavy (non-hydrogen) atoms. The van der Waals surface area contributed by atoms with Crippen molar-refractivity contribution in [2.45, 2.75) is 33.1 Å². The van der Waals surface area contributed by atoms with Gasteiger partial charge in [-0.25, -0.2) is 4.79 Å². The van der Waals surface area contributed by atoms with E-state index in [0.717, 1.165) is 17.5 Å². The number of amides is 1. The van der Waals surface area contributed by atoms with Gasteiger partial charge in [0, 0.05) is 30.2 Å². The number of esters is 1. The Morgan fingerprint density at radius 3 is 2.48 bits per heavy atom. The minimum Gasteiger partial charge on any atom is -0.463 e. The average molecular weight is 419 g/mol. The molecule has 0 fully saturated rings. The SMILES string of the molecule is CCOC(=O)/C=C/c1ccc(NC(=O)CCc2nc(-c3ccc(CC)cc3)no2)cc1. The van der Waals surface area contributed by atoms with E-state index in [0.29, 0.717) is 30.4 Å². The number of benzene rings is 2. The summed E-state index contributed by atoms with van der Waals surface area (Å²) in [5.41, 5.74) is 3.62. The predicted octanol–water partition coefficient (Wildman–Crippen LogP) is 4.45. The quantitative estimate of drug-likeness (QED) is 0.407. The van der Waals surface area contributed by atoms with Crippen molar-refractivity contribution in [1.82, 2.24) is 10.1 Å². The van der Waals surface area contributed by atoms with Gasteiger partial charge in [-0.3, -0.25) is 4.79 Å². The van der Waals surface area contributed by atoms with E-state index in [4.69, 9.17) is 9.26 Å². The molecule has 1 heterocycles. The van der Waals surface area contributed by atoms with Crippen LogP contribution in [0.2, 0.25) is 0 Å². The molecule has 1 N–H and O–H groups in total. The molecule has 0 aliphatic carbocycles. The Hall–Kier alpha value is -3.74. The van der Waals surface area contributed by atoms with Crippen LogP contribution in [0.4, 0.5) is 5.69 Å². The minimum atomic E-state index is -0.387. The van der Waals surface area contributed by atoms with Crippen LogP contribution in [0, 0.1) is 0 Å². The summed E-state index contributed by atoms with van der Waals surface area (Å²) < 4.78 is 10.1. The molecule has 0 bridgehead atoms. The van der Waals surface area contributed by atoms with E-state index >= 15 is 0 Å². The summed E-state index contributed by atoms with van der Waals surface area (Å²) in [7, 11) is 0. The fraction of sp³-hybridized carbons (Fsp3) is 0.250. The number of aromatic nitrogens is 2. The molecule has 0 radical (unpaired) electrons.